The van der Waals surface area contributed by atoms with E-state index in [1.807, 2.05) is 17.8 Å². The Balaban J connectivity index is 2.24. The second-order valence-electron chi connectivity index (χ2n) is 3.92. The number of hydrogen-bond donors (Lipinski definition) is 1. The fourth-order valence-electron chi connectivity index (χ4n) is 1.75. The molecule has 84 valence electrons. The number of benzene rings is 1. The SMILES string of the molecule is CC1CCNC(c2ccc(F)c(C#N)c2)S1. The lowest BCUT2D eigenvalue weighted by Crippen LogP contribution is -2.28. The van der Waals surface area contributed by atoms with Gasteiger partial charge in [0.1, 0.15) is 11.9 Å². The van der Waals surface area contributed by atoms with Crippen molar-refractivity contribution in [2.24, 2.45) is 0 Å². The maximum absolute atomic E-state index is 13.2. The zero-order valence-corrected chi connectivity index (χ0v) is 9.85. The van der Waals surface area contributed by atoms with Crippen molar-refractivity contribution in [1.82, 2.24) is 5.32 Å². The van der Waals surface area contributed by atoms with Gasteiger partial charge < -0.3 is 5.32 Å². The lowest BCUT2D eigenvalue weighted by molar-refractivity contribution is 0.599. The summed E-state index contributed by atoms with van der Waals surface area (Å²) in [6.45, 7) is 3.16. The van der Waals surface area contributed by atoms with E-state index in [1.165, 1.54) is 6.07 Å². The van der Waals surface area contributed by atoms with Gasteiger partial charge in [-0.3, -0.25) is 0 Å². The molecule has 0 saturated carbocycles. The third-order valence-electron chi connectivity index (χ3n) is 2.66. The van der Waals surface area contributed by atoms with E-state index in [0.717, 1.165) is 18.5 Å². The molecular formula is C12H13FN2S. The minimum Gasteiger partial charge on any atom is -0.302 e. The zero-order chi connectivity index (χ0) is 11.5. The number of rotatable bonds is 1. The normalized spacial score (nSPS) is 25.1. The molecule has 1 aromatic rings. The van der Waals surface area contributed by atoms with E-state index in [2.05, 4.69) is 12.2 Å². The first-order chi connectivity index (χ1) is 7.70. The van der Waals surface area contributed by atoms with Gasteiger partial charge >= 0.3 is 0 Å². The Morgan fingerprint density at radius 2 is 2.38 bits per heavy atom. The van der Waals surface area contributed by atoms with Crippen LogP contribution in [0.2, 0.25) is 0 Å². The fourth-order valence-corrected chi connectivity index (χ4v) is 2.99. The maximum atomic E-state index is 13.2. The van der Waals surface area contributed by atoms with Crippen LogP contribution in [0.5, 0.6) is 0 Å². The van der Waals surface area contributed by atoms with Gasteiger partial charge in [0.2, 0.25) is 0 Å². The minimum absolute atomic E-state index is 0.123. The van der Waals surface area contributed by atoms with Crippen LogP contribution in [0.4, 0.5) is 4.39 Å². The summed E-state index contributed by atoms with van der Waals surface area (Å²) in [6.07, 6.45) is 1.15. The minimum atomic E-state index is -0.444. The van der Waals surface area contributed by atoms with Gasteiger partial charge in [-0.1, -0.05) is 13.0 Å². The molecule has 2 unspecified atom stereocenters. The first-order valence-electron chi connectivity index (χ1n) is 5.29. The lowest BCUT2D eigenvalue weighted by atomic mass is 10.1. The highest BCUT2D eigenvalue weighted by atomic mass is 32.2. The van der Waals surface area contributed by atoms with Crippen molar-refractivity contribution in [3.8, 4) is 6.07 Å². The first-order valence-corrected chi connectivity index (χ1v) is 6.23. The Hall–Kier alpha value is -1.05. The average Bonchev–Trinajstić information content (AvgIpc) is 2.29. The van der Waals surface area contributed by atoms with Gasteiger partial charge in [-0.15, -0.1) is 11.8 Å². The van der Waals surface area contributed by atoms with Gasteiger partial charge in [-0.05, 0) is 30.7 Å². The van der Waals surface area contributed by atoms with E-state index < -0.39 is 5.82 Å². The Bertz CT molecular complexity index is 428. The average molecular weight is 236 g/mol. The van der Waals surface area contributed by atoms with Gasteiger partial charge in [0.25, 0.3) is 0 Å². The summed E-state index contributed by atoms with van der Waals surface area (Å²) in [6, 6.07) is 6.63. The van der Waals surface area contributed by atoms with Gasteiger partial charge in [0, 0.05) is 5.25 Å². The summed E-state index contributed by atoms with van der Waals surface area (Å²) in [5, 5.41) is 12.9. The fraction of sp³-hybridized carbons (Fsp3) is 0.417. The molecule has 0 spiro atoms. The Kier molecular flexibility index (Phi) is 3.47. The number of nitriles is 1. The Morgan fingerprint density at radius 3 is 3.06 bits per heavy atom. The summed E-state index contributed by atoms with van der Waals surface area (Å²) in [5.74, 6) is -0.444. The summed E-state index contributed by atoms with van der Waals surface area (Å²) >= 11 is 1.82. The molecule has 2 nitrogen and oxygen atoms in total. The largest absolute Gasteiger partial charge is 0.302 e. The van der Waals surface area contributed by atoms with Crippen molar-refractivity contribution < 1.29 is 4.39 Å². The van der Waals surface area contributed by atoms with E-state index in [4.69, 9.17) is 5.26 Å². The van der Waals surface area contributed by atoms with Crippen LogP contribution in [-0.4, -0.2) is 11.8 Å². The van der Waals surface area contributed by atoms with Gasteiger partial charge in [0.05, 0.1) is 10.9 Å². The standard InChI is InChI=1S/C12H13FN2S/c1-8-4-5-15-12(16-8)9-2-3-11(13)10(6-9)7-14/h2-3,6,8,12,15H,4-5H2,1H3. The molecule has 0 radical (unpaired) electrons. The summed E-state index contributed by atoms with van der Waals surface area (Å²) in [5.41, 5.74) is 1.10. The molecule has 2 rings (SSSR count). The number of nitrogens with zero attached hydrogens (tertiary/aromatic N) is 1. The van der Waals surface area contributed by atoms with Crippen molar-refractivity contribution >= 4 is 11.8 Å². The zero-order valence-electron chi connectivity index (χ0n) is 9.03. The third kappa shape index (κ3) is 2.37. The summed E-state index contributed by atoms with van der Waals surface area (Å²) in [4.78, 5) is 0. The van der Waals surface area contributed by atoms with Gasteiger partial charge in [-0.25, -0.2) is 4.39 Å². The van der Waals surface area contributed by atoms with Crippen LogP contribution in [0, 0.1) is 17.1 Å². The van der Waals surface area contributed by atoms with Crippen LogP contribution >= 0.6 is 11.8 Å². The van der Waals surface area contributed by atoms with E-state index in [0.29, 0.717) is 5.25 Å². The number of nitrogens with one attached hydrogen (secondary N) is 1. The predicted octanol–water partition coefficient (Wildman–Crippen LogP) is 2.81. The Morgan fingerprint density at radius 1 is 1.56 bits per heavy atom. The molecule has 1 N–H and O–H groups in total. The van der Waals surface area contributed by atoms with Crippen molar-refractivity contribution in [3.05, 3.63) is 35.1 Å². The summed E-state index contributed by atoms with van der Waals surface area (Å²) in [7, 11) is 0. The Labute approximate surface area is 98.8 Å². The molecule has 1 aliphatic heterocycles. The molecule has 2 atom stereocenters. The van der Waals surface area contributed by atoms with Crippen molar-refractivity contribution in [1.29, 1.82) is 5.26 Å². The van der Waals surface area contributed by atoms with E-state index in [1.54, 1.807) is 12.1 Å². The molecule has 0 aliphatic carbocycles. The second kappa shape index (κ2) is 4.86. The van der Waals surface area contributed by atoms with Gasteiger partial charge in [-0.2, -0.15) is 5.26 Å². The van der Waals surface area contributed by atoms with E-state index >= 15 is 0 Å². The third-order valence-corrected chi connectivity index (χ3v) is 4.07. The van der Waals surface area contributed by atoms with Crippen LogP contribution in [0.15, 0.2) is 18.2 Å². The molecule has 16 heavy (non-hydrogen) atoms. The van der Waals surface area contributed by atoms with Crippen LogP contribution in [0.25, 0.3) is 0 Å². The molecule has 1 saturated heterocycles. The number of halogens is 1. The first kappa shape index (κ1) is 11.4. The highest BCUT2D eigenvalue weighted by molar-refractivity contribution is 8.00. The highest BCUT2D eigenvalue weighted by Crippen LogP contribution is 2.34. The molecule has 0 amide bonds. The number of thioether (sulfide) groups is 1. The smallest absolute Gasteiger partial charge is 0.140 e. The molecule has 1 fully saturated rings. The second-order valence-corrected chi connectivity index (χ2v) is 5.47. The molecule has 0 bridgehead atoms. The lowest BCUT2D eigenvalue weighted by Gasteiger charge is -2.28. The quantitative estimate of drug-likeness (QED) is 0.814. The highest BCUT2D eigenvalue weighted by Gasteiger charge is 2.20. The number of hydrogen-bond acceptors (Lipinski definition) is 3. The van der Waals surface area contributed by atoms with Crippen LogP contribution in [0.1, 0.15) is 29.8 Å². The van der Waals surface area contributed by atoms with E-state index in [9.17, 15) is 4.39 Å². The van der Waals surface area contributed by atoms with E-state index in [-0.39, 0.29) is 10.9 Å². The molecule has 1 aromatic carbocycles. The molecule has 0 aromatic heterocycles. The van der Waals surface area contributed by atoms with Crippen molar-refractivity contribution in [2.45, 2.75) is 24.0 Å². The van der Waals surface area contributed by atoms with Crippen LogP contribution in [-0.2, 0) is 0 Å². The van der Waals surface area contributed by atoms with Crippen molar-refractivity contribution in [3.63, 3.8) is 0 Å². The molecule has 4 heteroatoms. The van der Waals surface area contributed by atoms with Crippen LogP contribution < -0.4 is 5.32 Å². The van der Waals surface area contributed by atoms with Crippen molar-refractivity contribution in [2.75, 3.05) is 6.54 Å². The summed E-state index contributed by atoms with van der Waals surface area (Å²) < 4.78 is 13.2. The topological polar surface area (TPSA) is 35.8 Å². The van der Waals surface area contributed by atoms with Crippen LogP contribution in [0.3, 0.4) is 0 Å². The maximum Gasteiger partial charge on any atom is 0.140 e. The van der Waals surface area contributed by atoms with Gasteiger partial charge in [0.15, 0.2) is 0 Å². The molecule has 1 heterocycles. The molecule has 1 aliphatic rings. The predicted molar refractivity (Wildman–Crippen MR) is 63.5 cm³/mol. The molecular weight excluding hydrogens is 223 g/mol. The monoisotopic (exact) mass is 236 g/mol.